The minimum absolute atomic E-state index is 0.0302. The number of aryl methyl sites for hydroxylation is 1. The van der Waals surface area contributed by atoms with Crippen molar-refractivity contribution in [3.63, 3.8) is 0 Å². The molecule has 1 heterocycles. The SMILES string of the molecule is CCN1C(=O)C(=Cc2cccc(Oc3ccc(C)cc3)c2)SC1=S. The van der Waals surface area contributed by atoms with Gasteiger partial charge < -0.3 is 4.74 Å². The second-order valence-electron chi connectivity index (χ2n) is 5.41. The first-order valence-electron chi connectivity index (χ1n) is 7.67. The van der Waals surface area contributed by atoms with E-state index in [0.29, 0.717) is 15.8 Å². The molecule has 3 rings (SSSR count). The Morgan fingerprint density at radius 1 is 1.17 bits per heavy atom. The van der Waals surface area contributed by atoms with Crippen molar-refractivity contribution in [3.8, 4) is 11.5 Å². The number of likely N-dealkylation sites (N-methyl/N-ethyl adjacent to an activating group) is 1. The summed E-state index contributed by atoms with van der Waals surface area (Å²) in [4.78, 5) is 14.5. The maximum atomic E-state index is 12.3. The maximum absolute atomic E-state index is 12.3. The molecule has 1 fully saturated rings. The summed E-state index contributed by atoms with van der Waals surface area (Å²) in [7, 11) is 0. The molecule has 0 saturated carbocycles. The van der Waals surface area contributed by atoms with Gasteiger partial charge in [-0.05, 0) is 49.8 Å². The van der Waals surface area contributed by atoms with Crippen LogP contribution in [0.2, 0.25) is 0 Å². The van der Waals surface area contributed by atoms with Gasteiger partial charge in [0.2, 0.25) is 0 Å². The average molecular weight is 355 g/mol. The Bertz CT molecular complexity index is 812. The molecule has 0 atom stereocenters. The fourth-order valence-electron chi connectivity index (χ4n) is 2.33. The third kappa shape index (κ3) is 3.68. The van der Waals surface area contributed by atoms with Gasteiger partial charge in [0.05, 0.1) is 4.91 Å². The molecule has 1 aliphatic rings. The van der Waals surface area contributed by atoms with E-state index in [-0.39, 0.29) is 5.91 Å². The number of thioether (sulfide) groups is 1. The first-order chi connectivity index (χ1) is 11.6. The lowest BCUT2D eigenvalue weighted by Gasteiger charge is -2.09. The van der Waals surface area contributed by atoms with Crippen LogP contribution in [0.4, 0.5) is 0 Å². The standard InChI is InChI=1S/C19H17NO2S2/c1-3-20-18(21)17(24-19(20)23)12-14-5-4-6-16(11-14)22-15-9-7-13(2)8-10-15/h4-12H,3H2,1-2H3. The number of thiocarbonyl (C=S) groups is 1. The zero-order valence-corrected chi connectivity index (χ0v) is 15.1. The molecule has 0 aromatic heterocycles. The van der Waals surface area contributed by atoms with Crippen molar-refractivity contribution in [3.05, 3.63) is 64.6 Å². The molecule has 2 aromatic rings. The van der Waals surface area contributed by atoms with Gasteiger partial charge in [-0.15, -0.1) is 0 Å². The number of amides is 1. The summed E-state index contributed by atoms with van der Waals surface area (Å²) in [5.41, 5.74) is 2.10. The third-order valence-electron chi connectivity index (χ3n) is 3.60. The van der Waals surface area contributed by atoms with Gasteiger partial charge in [0.25, 0.3) is 5.91 Å². The number of nitrogens with zero attached hydrogens (tertiary/aromatic N) is 1. The van der Waals surface area contributed by atoms with Crippen LogP contribution in [0.15, 0.2) is 53.4 Å². The summed E-state index contributed by atoms with van der Waals surface area (Å²) in [6.07, 6.45) is 1.86. The largest absolute Gasteiger partial charge is 0.457 e. The predicted octanol–water partition coefficient (Wildman–Crippen LogP) is 5.01. The Kier molecular flexibility index (Phi) is 5.02. The molecule has 122 valence electrons. The van der Waals surface area contributed by atoms with Crippen LogP contribution in [0.25, 0.3) is 6.08 Å². The van der Waals surface area contributed by atoms with Gasteiger partial charge in [-0.25, -0.2) is 0 Å². The van der Waals surface area contributed by atoms with Crippen molar-refractivity contribution in [2.45, 2.75) is 13.8 Å². The monoisotopic (exact) mass is 355 g/mol. The Morgan fingerprint density at radius 3 is 2.58 bits per heavy atom. The number of hydrogen-bond acceptors (Lipinski definition) is 4. The van der Waals surface area contributed by atoms with Gasteiger partial charge in [0.1, 0.15) is 15.8 Å². The highest BCUT2D eigenvalue weighted by molar-refractivity contribution is 8.26. The topological polar surface area (TPSA) is 29.5 Å². The van der Waals surface area contributed by atoms with Gasteiger partial charge in [-0.2, -0.15) is 0 Å². The number of carbonyl (C=O) groups excluding carboxylic acids is 1. The van der Waals surface area contributed by atoms with E-state index >= 15 is 0 Å². The molecule has 0 spiro atoms. The van der Waals surface area contributed by atoms with E-state index in [9.17, 15) is 4.79 Å². The quantitative estimate of drug-likeness (QED) is 0.570. The summed E-state index contributed by atoms with van der Waals surface area (Å²) >= 11 is 6.58. The lowest BCUT2D eigenvalue weighted by Crippen LogP contribution is -2.27. The minimum atomic E-state index is -0.0302. The van der Waals surface area contributed by atoms with Gasteiger partial charge in [0.15, 0.2) is 0 Å². The molecular weight excluding hydrogens is 338 g/mol. The number of carbonyl (C=O) groups is 1. The Labute approximate surface area is 151 Å². The summed E-state index contributed by atoms with van der Waals surface area (Å²) in [6, 6.07) is 15.6. The molecule has 3 nitrogen and oxygen atoms in total. The van der Waals surface area contributed by atoms with Crippen molar-refractivity contribution < 1.29 is 9.53 Å². The van der Waals surface area contributed by atoms with E-state index in [0.717, 1.165) is 17.1 Å². The first-order valence-corrected chi connectivity index (χ1v) is 8.89. The number of benzene rings is 2. The van der Waals surface area contributed by atoms with Crippen molar-refractivity contribution in [1.29, 1.82) is 0 Å². The van der Waals surface area contributed by atoms with Gasteiger partial charge in [0, 0.05) is 6.54 Å². The van der Waals surface area contributed by atoms with Crippen LogP contribution < -0.4 is 4.74 Å². The molecule has 5 heteroatoms. The molecule has 2 aromatic carbocycles. The second kappa shape index (κ2) is 7.20. The molecule has 1 aliphatic heterocycles. The van der Waals surface area contributed by atoms with Crippen molar-refractivity contribution in [2.75, 3.05) is 6.54 Å². The van der Waals surface area contributed by atoms with Crippen LogP contribution in [-0.2, 0) is 4.79 Å². The van der Waals surface area contributed by atoms with Crippen molar-refractivity contribution in [1.82, 2.24) is 4.90 Å². The fourth-order valence-corrected chi connectivity index (χ4v) is 3.72. The lowest BCUT2D eigenvalue weighted by molar-refractivity contribution is -0.121. The highest BCUT2D eigenvalue weighted by Gasteiger charge is 2.30. The van der Waals surface area contributed by atoms with E-state index in [1.165, 1.54) is 17.3 Å². The minimum Gasteiger partial charge on any atom is -0.457 e. The highest BCUT2D eigenvalue weighted by atomic mass is 32.2. The molecule has 0 unspecified atom stereocenters. The Morgan fingerprint density at radius 2 is 1.92 bits per heavy atom. The van der Waals surface area contributed by atoms with Crippen molar-refractivity contribution >= 4 is 40.3 Å². The molecule has 1 saturated heterocycles. The smallest absolute Gasteiger partial charge is 0.266 e. The van der Waals surface area contributed by atoms with E-state index in [1.54, 1.807) is 4.90 Å². The Balaban J connectivity index is 1.81. The molecule has 0 N–H and O–H groups in total. The summed E-state index contributed by atoms with van der Waals surface area (Å²) in [6.45, 7) is 4.55. The molecule has 0 aliphatic carbocycles. The second-order valence-corrected chi connectivity index (χ2v) is 7.09. The third-order valence-corrected chi connectivity index (χ3v) is 4.98. The van der Waals surface area contributed by atoms with Crippen LogP contribution in [0.3, 0.4) is 0 Å². The van der Waals surface area contributed by atoms with Crippen LogP contribution >= 0.6 is 24.0 Å². The van der Waals surface area contributed by atoms with Gasteiger partial charge in [-0.3, -0.25) is 9.69 Å². The van der Waals surface area contributed by atoms with Crippen LogP contribution in [-0.4, -0.2) is 21.7 Å². The summed E-state index contributed by atoms with van der Waals surface area (Å²) in [5, 5.41) is 0. The highest BCUT2D eigenvalue weighted by Crippen LogP contribution is 2.33. The molecule has 0 bridgehead atoms. The zero-order chi connectivity index (χ0) is 17.1. The normalized spacial score (nSPS) is 16.1. The van der Waals surface area contributed by atoms with Crippen LogP contribution in [0.1, 0.15) is 18.1 Å². The van der Waals surface area contributed by atoms with Crippen LogP contribution in [0, 0.1) is 6.92 Å². The number of ether oxygens (including phenoxy) is 1. The van der Waals surface area contributed by atoms with Gasteiger partial charge in [-0.1, -0.05) is 53.8 Å². The molecular formula is C19H17NO2S2. The first kappa shape index (κ1) is 16.7. The average Bonchev–Trinajstić information content (AvgIpc) is 2.83. The van der Waals surface area contributed by atoms with Crippen LogP contribution in [0.5, 0.6) is 11.5 Å². The van der Waals surface area contributed by atoms with E-state index in [4.69, 9.17) is 17.0 Å². The Hall–Kier alpha value is -2.11. The van der Waals surface area contributed by atoms with Crippen molar-refractivity contribution in [2.24, 2.45) is 0 Å². The molecule has 0 radical (unpaired) electrons. The fraction of sp³-hybridized carbons (Fsp3) is 0.158. The molecule has 1 amide bonds. The molecule has 24 heavy (non-hydrogen) atoms. The summed E-state index contributed by atoms with van der Waals surface area (Å²) < 4.78 is 6.48. The van der Waals surface area contributed by atoms with E-state index < -0.39 is 0 Å². The van der Waals surface area contributed by atoms with Gasteiger partial charge >= 0.3 is 0 Å². The summed E-state index contributed by atoms with van der Waals surface area (Å²) in [5.74, 6) is 1.49. The lowest BCUT2D eigenvalue weighted by atomic mass is 10.2. The number of rotatable bonds is 4. The predicted molar refractivity (Wildman–Crippen MR) is 103 cm³/mol. The maximum Gasteiger partial charge on any atom is 0.266 e. The number of hydrogen-bond donors (Lipinski definition) is 0. The zero-order valence-electron chi connectivity index (χ0n) is 13.5. The van der Waals surface area contributed by atoms with E-state index in [1.807, 2.05) is 68.5 Å². The van der Waals surface area contributed by atoms with E-state index in [2.05, 4.69) is 0 Å².